The fraction of sp³-hybridized carbons (Fsp3) is 0.923. The van der Waals surface area contributed by atoms with Crippen LogP contribution >= 0.6 is 11.6 Å². The van der Waals surface area contributed by atoms with E-state index in [1.165, 1.54) is 12.8 Å². The molecule has 2 rings (SSSR count). The maximum Gasteiger partial charge on any atom is 0.223 e. The molecule has 2 fully saturated rings. The highest BCUT2D eigenvalue weighted by Gasteiger charge is 2.40. The Morgan fingerprint density at radius 3 is 2.50 bits per heavy atom. The third kappa shape index (κ3) is 2.37. The molecule has 1 amide bonds. The molecule has 2 aliphatic carbocycles. The van der Waals surface area contributed by atoms with Crippen LogP contribution in [0.4, 0.5) is 0 Å². The van der Waals surface area contributed by atoms with Gasteiger partial charge in [-0.25, -0.2) is 0 Å². The van der Waals surface area contributed by atoms with Gasteiger partial charge in [0.2, 0.25) is 5.91 Å². The summed E-state index contributed by atoms with van der Waals surface area (Å²) >= 11 is 6.19. The Kier molecular flexibility index (Phi) is 3.48. The van der Waals surface area contributed by atoms with E-state index in [4.69, 9.17) is 11.6 Å². The lowest BCUT2D eigenvalue weighted by molar-refractivity contribution is -0.128. The first-order valence-electron chi connectivity index (χ1n) is 6.45. The molecule has 2 nitrogen and oxygen atoms in total. The SMILES string of the molecule is CC1(C)CCCC1C(=O)NC1CCCC1Cl. The molecule has 3 unspecified atom stereocenters. The van der Waals surface area contributed by atoms with Crippen molar-refractivity contribution in [2.75, 3.05) is 0 Å². The molecule has 2 saturated carbocycles. The number of nitrogens with one attached hydrogen (secondary N) is 1. The second-order valence-electron chi connectivity index (χ2n) is 6.00. The lowest BCUT2D eigenvalue weighted by Gasteiger charge is -2.28. The largest absolute Gasteiger partial charge is 0.352 e. The van der Waals surface area contributed by atoms with E-state index in [9.17, 15) is 4.79 Å². The number of amides is 1. The van der Waals surface area contributed by atoms with Crippen molar-refractivity contribution in [3.8, 4) is 0 Å². The van der Waals surface area contributed by atoms with Gasteiger partial charge in [-0.15, -0.1) is 11.6 Å². The summed E-state index contributed by atoms with van der Waals surface area (Å²) in [5, 5.41) is 3.30. The zero-order valence-electron chi connectivity index (χ0n) is 10.3. The van der Waals surface area contributed by atoms with Crippen molar-refractivity contribution in [3.63, 3.8) is 0 Å². The Labute approximate surface area is 103 Å². The van der Waals surface area contributed by atoms with Crippen LogP contribution in [0.3, 0.4) is 0 Å². The lowest BCUT2D eigenvalue weighted by Crippen LogP contribution is -2.43. The van der Waals surface area contributed by atoms with Gasteiger partial charge in [0.1, 0.15) is 0 Å². The minimum Gasteiger partial charge on any atom is -0.352 e. The van der Waals surface area contributed by atoms with E-state index in [1.54, 1.807) is 0 Å². The van der Waals surface area contributed by atoms with E-state index in [2.05, 4.69) is 19.2 Å². The van der Waals surface area contributed by atoms with E-state index >= 15 is 0 Å². The summed E-state index contributed by atoms with van der Waals surface area (Å²) in [4.78, 5) is 12.2. The fourth-order valence-electron chi connectivity index (χ4n) is 3.17. The smallest absolute Gasteiger partial charge is 0.223 e. The molecule has 92 valence electrons. The lowest BCUT2D eigenvalue weighted by atomic mass is 9.81. The average Bonchev–Trinajstić information content (AvgIpc) is 2.73. The van der Waals surface area contributed by atoms with Crippen LogP contribution in [0, 0.1) is 11.3 Å². The molecule has 0 aromatic heterocycles. The molecule has 0 aromatic carbocycles. The Morgan fingerprint density at radius 2 is 2.00 bits per heavy atom. The van der Waals surface area contributed by atoms with Gasteiger partial charge in [-0.05, 0) is 37.5 Å². The molecular formula is C13H22ClNO. The first-order chi connectivity index (χ1) is 7.50. The Morgan fingerprint density at radius 1 is 1.25 bits per heavy atom. The molecule has 2 aliphatic rings. The molecule has 0 spiro atoms. The normalized spacial score (nSPS) is 37.6. The first kappa shape index (κ1) is 12.2. The number of carbonyl (C=O) groups excluding carboxylic acids is 1. The molecule has 0 aromatic rings. The molecule has 0 saturated heterocycles. The molecule has 0 bridgehead atoms. The Bertz CT molecular complexity index is 277. The van der Waals surface area contributed by atoms with Crippen molar-refractivity contribution < 1.29 is 4.79 Å². The third-order valence-corrected chi connectivity index (χ3v) is 4.86. The molecule has 0 aliphatic heterocycles. The van der Waals surface area contributed by atoms with Gasteiger partial charge < -0.3 is 5.32 Å². The molecule has 16 heavy (non-hydrogen) atoms. The summed E-state index contributed by atoms with van der Waals surface area (Å²) in [5.41, 5.74) is 0.171. The predicted octanol–water partition coefficient (Wildman–Crippen LogP) is 3.09. The standard InChI is InChI=1S/C13H22ClNO/c1-13(2)8-4-5-9(13)12(16)15-11-7-3-6-10(11)14/h9-11H,3-8H2,1-2H3,(H,15,16). The summed E-state index contributed by atoms with van der Waals surface area (Å²) < 4.78 is 0. The highest BCUT2D eigenvalue weighted by molar-refractivity contribution is 6.21. The zero-order valence-corrected chi connectivity index (χ0v) is 11.0. The minimum absolute atomic E-state index is 0.147. The van der Waals surface area contributed by atoms with E-state index in [-0.39, 0.29) is 28.7 Å². The predicted molar refractivity (Wildman–Crippen MR) is 66.5 cm³/mol. The van der Waals surface area contributed by atoms with Crippen molar-refractivity contribution in [3.05, 3.63) is 0 Å². The summed E-state index contributed by atoms with van der Waals surface area (Å²) in [6.07, 6.45) is 6.62. The van der Waals surface area contributed by atoms with Crippen LogP contribution in [0.25, 0.3) is 0 Å². The maximum atomic E-state index is 12.2. The van der Waals surface area contributed by atoms with Crippen LogP contribution in [-0.2, 0) is 4.79 Å². The van der Waals surface area contributed by atoms with Gasteiger partial charge >= 0.3 is 0 Å². The Hall–Kier alpha value is -0.240. The van der Waals surface area contributed by atoms with Crippen molar-refractivity contribution >= 4 is 17.5 Å². The monoisotopic (exact) mass is 243 g/mol. The molecule has 3 heteroatoms. The summed E-state index contributed by atoms with van der Waals surface area (Å²) in [6, 6.07) is 0.213. The summed E-state index contributed by atoms with van der Waals surface area (Å²) in [5.74, 6) is 0.428. The van der Waals surface area contributed by atoms with Crippen LogP contribution in [0.5, 0.6) is 0 Å². The van der Waals surface area contributed by atoms with Crippen LogP contribution < -0.4 is 5.32 Å². The van der Waals surface area contributed by atoms with E-state index in [0.717, 1.165) is 25.7 Å². The van der Waals surface area contributed by atoms with Gasteiger partial charge in [0, 0.05) is 12.0 Å². The highest BCUT2D eigenvalue weighted by atomic mass is 35.5. The molecule has 1 N–H and O–H groups in total. The van der Waals surface area contributed by atoms with Crippen LogP contribution in [0.1, 0.15) is 52.4 Å². The number of carbonyl (C=O) groups is 1. The Balaban J connectivity index is 1.93. The first-order valence-corrected chi connectivity index (χ1v) is 6.89. The van der Waals surface area contributed by atoms with Gasteiger partial charge in [-0.2, -0.15) is 0 Å². The van der Waals surface area contributed by atoms with E-state index in [1.807, 2.05) is 0 Å². The van der Waals surface area contributed by atoms with Crippen LogP contribution in [-0.4, -0.2) is 17.3 Å². The summed E-state index contributed by atoms with van der Waals surface area (Å²) in [6.45, 7) is 4.41. The van der Waals surface area contributed by atoms with E-state index in [0.29, 0.717) is 0 Å². The number of rotatable bonds is 2. The molecule has 0 heterocycles. The van der Waals surface area contributed by atoms with Crippen molar-refractivity contribution in [1.82, 2.24) is 5.32 Å². The van der Waals surface area contributed by atoms with Crippen molar-refractivity contribution in [1.29, 1.82) is 0 Å². The van der Waals surface area contributed by atoms with Crippen LogP contribution in [0.2, 0.25) is 0 Å². The summed E-state index contributed by atoms with van der Waals surface area (Å²) in [7, 11) is 0. The average molecular weight is 244 g/mol. The fourth-order valence-corrected chi connectivity index (χ4v) is 3.52. The number of hydrogen-bond acceptors (Lipinski definition) is 1. The van der Waals surface area contributed by atoms with Crippen molar-refractivity contribution in [2.45, 2.75) is 63.8 Å². The van der Waals surface area contributed by atoms with Crippen molar-refractivity contribution in [2.24, 2.45) is 11.3 Å². The van der Waals surface area contributed by atoms with Crippen LogP contribution in [0.15, 0.2) is 0 Å². The second-order valence-corrected chi connectivity index (χ2v) is 6.56. The number of hydrogen-bond donors (Lipinski definition) is 1. The topological polar surface area (TPSA) is 29.1 Å². The minimum atomic E-state index is 0.147. The zero-order chi connectivity index (χ0) is 11.8. The van der Waals surface area contributed by atoms with E-state index < -0.39 is 0 Å². The molecule has 0 radical (unpaired) electrons. The second kappa shape index (κ2) is 4.56. The molecular weight excluding hydrogens is 222 g/mol. The van der Waals surface area contributed by atoms with Gasteiger partial charge in [0.05, 0.1) is 5.38 Å². The molecule has 3 atom stereocenters. The van der Waals surface area contributed by atoms with Gasteiger partial charge in [0.25, 0.3) is 0 Å². The maximum absolute atomic E-state index is 12.2. The quantitative estimate of drug-likeness (QED) is 0.742. The van der Waals surface area contributed by atoms with Gasteiger partial charge in [-0.1, -0.05) is 20.3 Å². The van der Waals surface area contributed by atoms with Gasteiger partial charge in [0.15, 0.2) is 0 Å². The third-order valence-electron chi connectivity index (χ3n) is 4.33. The van der Waals surface area contributed by atoms with Gasteiger partial charge in [-0.3, -0.25) is 4.79 Å². The number of alkyl halides is 1. The number of halogens is 1. The highest BCUT2D eigenvalue weighted by Crippen LogP contribution is 2.42.